The van der Waals surface area contributed by atoms with Crippen LogP contribution in [0.25, 0.3) is 0 Å². The van der Waals surface area contributed by atoms with Crippen molar-refractivity contribution in [3.05, 3.63) is 30.4 Å². The minimum absolute atomic E-state index is 0.198. The Bertz CT molecular complexity index is 1710. The number of rotatable bonds is 14. The predicted molar refractivity (Wildman–Crippen MR) is 192 cm³/mol. The molecule has 20 heteroatoms. The lowest BCUT2D eigenvalue weighted by Gasteiger charge is -2.30. The summed E-state index contributed by atoms with van der Waals surface area (Å²) in [6.07, 6.45) is -0.0819. The molecule has 0 bridgehead atoms. The molecule has 306 valence electrons. The van der Waals surface area contributed by atoms with E-state index in [0.29, 0.717) is 4.73 Å². The van der Waals surface area contributed by atoms with Gasteiger partial charge in [0, 0.05) is 31.2 Å². The number of hydrogen-bond donors (Lipinski definition) is 6. The molecule has 6 N–H and O–H groups in total. The summed E-state index contributed by atoms with van der Waals surface area (Å²) in [6, 6.07) is -0.732. The highest BCUT2D eigenvalue weighted by Gasteiger charge is 2.36. The zero-order valence-electron chi connectivity index (χ0n) is 33.0. The minimum Gasteiger partial charge on any atom is -0.492 e. The van der Waals surface area contributed by atoms with Crippen LogP contribution in [0.5, 0.6) is 11.8 Å². The maximum atomic E-state index is 13.7. The molecule has 0 aliphatic heterocycles. The molecule has 55 heavy (non-hydrogen) atoms. The highest BCUT2D eigenvalue weighted by Crippen LogP contribution is 2.19. The van der Waals surface area contributed by atoms with Crippen molar-refractivity contribution in [2.45, 2.75) is 130 Å². The van der Waals surface area contributed by atoms with Gasteiger partial charge in [0.15, 0.2) is 0 Å². The molecule has 0 saturated heterocycles. The molecule has 2 aromatic rings. The fourth-order valence-electron chi connectivity index (χ4n) is 4.38. The van der Waals surface area contributed by atoms with Crippen molar-refractivity contribution in [3.63, 3.8) is 0 Å². The van der Waals surface area contributed by atoms with E-state index in [1.807, 2.05) is 0 Å². The molecular formula is C35H53N7O13. The lowest BCUT2D eigenvalue weighted by atomic mass is 10.0. The van der Waals surface area contributed by atoms with E-state index in [9.17, 15) is 43.8 Å². The molecule has 0 saturated carbocycles. The first-order valence-electron chi connectivity index (χ1n) is 17.2. The number of nitrogens with one attached hydrogen (secondary N) is 4. The van der Waals surface area contributed by atoms with Crippen LogP contribution < -0.4 is 26.1 Å². The zero-order valence-corrected chi connectivity index (χ0v) is 33.0. The molecular weight excluding hydrogens is 726 g/mol. The first-order valence-corrected chi connectivity index (χ1v) is 17.2. The van der Waals surface area contributed by atoms with Gasteiger partial charge in [-0.3, -0.25) is 19.2 Å². The number of aromatic nitrogens is 3. The molecule has 0 aliphatic rings. The second-order valence-electron chi connectivity index (χ2n) is 15.9. The Labute approximate surface area is 318 Å². The standard InChI is InChI=1S/C35H53N7O13/c1-32(2,3)52-25(45)15-12-21(27(47)36-17-26(46)55-42-23(43)13-14-24(42)44)38-29(49)35(10,11)40-28(48)22(39-30(50)53-33(4,5)6)16-20-18-41(19-37-20)31(51)54-34(7,8)9/h13-14,18-19,21-22,43-44H,12,15-17H2,1-11H3,(H,36,47)(H,38,49)(H,39,50)(H,40,48)/t21-,22-/m0/s1. The van der Waals surface area contributed by atoms with Gasteiger partial charge in [-0.2, -0.15) is 0 Å². The van der Waals surface area contributed by atoms with E-state index in [-0.39, 0.29) is 25.0 Å². The van der Waals surface area contributed by atoms with Gasteiger partial charge in [0.05, 0.1) is 5.69 Å². The highest BCUT2D eigenvalue weighted by molar-refractivity contribution is 5.96. The minimum atomic E-state index is -1.77. The van der Waals surface area contributed by atoms with Gasteiger partial charge in [-0.05, 0) is 82.6 Å². The van der Waals surface area contributed by atoms with E-state index in [0.717, 1.165) is 16.7 Å². The van der Waals surface area contributed by atoms with Crippen LogP contribution in [-0.4, -0.2) is 107 Å². The van der Waals surface area contributed by atoms with Crippen LogP contribution >= 0.6 is 0 Å². The first kappa shape index (κ1) is 45.3. The van der Waals surface area contributed by atoms with E-state index in [1.165, 1.54) is 26.4 Å². The largest absolute Gasteiger partial charge is 0.492 e. The average molecular weight is 780 g/mol. The second-order valence-corrected chi connectivity index (χ2v) is 15.9. The molecule has 0 aliphatic carbocycles. The number of imidazole rings is 1. The molecule has 2 aromatic heterocycles. The Morgan fingerprint density at radius 2 is 1.31 bits per heavy atom. The fourth-order valence-corrected chi connectivity index (χ4v) is 4.38. The molecule has 0 radical (unpaired) electrons. The summed E-state index contributed by atoms with van der Waals surface area (Å²) < 4.78 is 17.4. The van der Waals surface area contributed by atoms with Gasteiger partial charge in [-0.15, -0.1) is 4.73 Å². The predicted octanol–water partition coefficient (Wildman–Crippen LogP) is 1.59. The molecule has 2 rings (SSSR count). The number of nitrogens with zero attached hydrogens (tertiary/aromatic N) is 3. The summed E-state index contributed by atoms with van der Waals surface area (Å²) >= 11 is 0. The third kappa shape index (κ3) is 16.0. The van der Waals surface area contributed by atoms with Crippen molar-refractivity contribution < 1.29 is 62.8 Å². The lowest BCUT2D eigenvalue weighted by molar-refractivity contribution is -0.155. The molecule has 2 atom stereocenters. The van der Waals surface area contributed by atoms with Crippen LogP contribution in [0.3, 0.4) is 0 Å². The Kier molecular flexibility index (Phi) is 14.8. The number of amides is 4. The Balaban J connectivity index is 2.26. The third-order valence-electron chi connectivity index (χ3n) is 6.74. The lowest BCUT2D eigenvalue weighted by Crippen LogP contribution is -2.62. The van der Waals surface area contributed by atoms with Crippen LogP contribution in [0.1, 0.15) is 94.7 Å². The van der Waals surface area contributed by atoms with E-state index in [4.69, 9.17) is 19.0 Å². The van der Waals surface area contributed by atoms with Gasteiger partial charge in [0.25, 0.3) is 0 Å². The summed E-state index contributed by atoms with van der Waals surface area (Å²) in [5, 5.41) is 29.1. The van der Waals surface area contributed by atoms with Crippen LogP contribution in [0, 0.1) is 0 Å². The summed E-state index contributed by atoms with van der Waals surface area (Å²) in [7, 11) is 0. The molecule has 20 nitrogen and oxygen atoms in total. The van der Waals surface area contributed by atoms with E-state index >= 15 is 0 Å². The van der Waals surface area contributed by atoms with Gasteiger partial charge in [-0.1, -0.05) is 0 Å². The number of ether oxygens (including phenoxy) is 3. The van der Waals surface area contributed by atoms with E-state index < -0.39 is 94.6 Å². The Morgan fingerprint density at radius 3 is 1.85 bits per heavy atom. The van der Waals surface area contributed by atoms with Crippen molar-refractivity contribution >= 4 is 41.8 Å². The van der Waals surface area contributed by atoms with Gasteiger partial charge in [-0.25, -0.2) is 23.9 Å². The molecule has 2 heterocycles. The number of aromatic hydroxyl groups is 2. The SMILES string of the molecule is CC(C)(C)OC(=O)CC[C@H](NC(=O)C(C)(C)NC(=O)[C@H](Cc1cn(C(=O)OC(C)(C)C)cn1)NC(=O)OC(C)(C)C)C(=O)NCC(=O)On1c(O)ccc1O. The number of carbonyl (C=O) groups excluding carboxylic acids is 7. The molecule has 0 spiro atoms. The van der Waals surface area contributed by atoms with Crippen LogP contribution in [0.4, 0.5) is 9.59 Å². The van der Waals surface area contributed by atoms with Crippen LogP contribution in [0.15, 0.2) is 24.7 Å². The number of esters is 1. The summed E-state index contributed by atoms with van der Waals surface area (Å²) in [6.45, 7) is 16.7. The normalized spacial score (nSPS) is 13.1. The zero-order chi connectivity index (χ0) is 42.1. The molecule has 0 aromatic carbocycles. The highest BCUT2D eigenvalue weighted by atomic mass is 16.7. The topological polar surface area (TPSA) is 268 Å². The quantitative estimate of drug-likeness (QED) is 0.118. The maximum absolute atomic E-state index is 13.7. The second kappa shape index (κ2) is 18.0. The first-order chi connectivity index (χ1) is 25.0. The Morgan fingerprint density at radius 1 is 0.745 bits per heavy atom. The number of alkyl carbamates (subject to hydrolysis) is 1. The van der Waals surface area contributed by atoms with Crippen LogP contribution in [-0.2, 0) is 44.6 Å². The summed E-state index contributed by atoms with van der Waals surface area (Å²) in [5.74, 6) is -5.69. The smallest absolute Gasteiger partial charge is 0.419 e. The summed E-state index contributed by atoms with van der Waals surface area (Å²) in [5.41, 5.74) is -4.15. The number of hydrogen-bond acceptors (Lipinski definition) is 14. The molecule has 0 unspecified atom stereocenters. The van der Waals surface area contributed by atoms with E-state index in [2.05, 4.69) is 26.3 Å². The van der Waals surface area contributed by atoms with Crippen molar-refractivity contribution in [1.82, 2.24) is 35.5 Å². The third-order valence-corrected chi connectivity index (χ3v) is 6.74. The van der Waals surface area contributed by atoms with Crippen molar-refractivity contribution in [2.75, 3.05) is 6.54 Å². The van der Waals surface area contributed by atoms with Crippen molar-refractivity contribution in [1.29, 1.82) is 0 Å². The summed E-state index contributed by atoms with van der Waals surface area (Å²) in [4.78, 5) is 99.7. The maximum Gasteiger partial charge on any atom is 0.419 e. The van der Waals surface area contributed by atoms with E-state index in [1.54, 1.807) is 62.3 Å². The van der Waals surface area contributed by atoms with Crippen molar-refractivity contribution in [2.24, 2.45) is 0 Å². The van der Waals surface area contributed by atoms with Crippen LogP contribution in [0.2, 0.25) is 0 Å². The monoisotopic (exact) mass is 779 g/mol. The van der Waals surface area contributed by atoms with Crippen molar-refractivity contribution in [3.8, 4) is 11.8 Å². The average Bonchev–Trinajstić information content (AvgIpc) is 3.60. The number of carbonyl (C=O) groups is 7. The fraction of sp³-hybridized carbons (Fsp3) is 0.600. The molecule has 4 amide bonds. The van der Waals surface area contributed by atoms with Gasteiger partial charge in [0.1, 0.15) is 47.3 Å². The van der Waals surface area contributed by atoms with Gasteiger partial charge >= 0.3 is 24.1 Å². The van der Waals surface area contributed by atoms with Gasteiger partial charge < -0.3 is 50.5 Å². The molecule has 0 fully saturated rings. The Hall–Kier alpha value is -5.82. The van der Waals surface area contributed by atoms with Gasteiger partial charge in [0.2, 0.25) is 29.5 Å².